The second kappa shape index (κ2) is 17.0. The lowest BCUT2D eigenvalue weighted by atomic mass is 9.98. The number of rotatable bonds is 17. The van der Waals surface area contributed by atoms with E-state index in [1.54, 1.807) is 6.92 Å². The van der Waals surface area contributed by atoms with Crippen LogP contribution in [-0.4, -0.2) is 5.78 Å². The molecule has 22 heavy (non-hydrogen) atoms. The summed E-state index contributed by atoms with van der Waals surface area (Å²) in [6, 6.07) is 0. The minimum Gasteiger partial charge on any atom is -0.300 e. The van der Waals surface area contributed by atoms with Crippen molar-refractivity contribution in [1.82, 2.24) is 0 Å². The molecule has 0 aromatic rings. The molecule has 0 spiro atoms. The first-order valence-electron chi connectivity index (χ1n) is 10.0. The van der Waals surface area contributed by atoms with Crippen LogP contribution in [0, 0.1) is 12.3 Å². The SMILES string of the molecule is CCCCCCCCCCCCCCCC[CH][C@H](C)C(C)=O. The topological polar surface area (TPSA) is 17.1 Å². The Labute approximate surface area is 140 Å². The summed E-state index contributed by atoms with van der Waals surface area (Å²) in [5.74, 6) is 0.451. The molecule has 0 aromatic heterocycles. The quantitative estimate of drug-likeness (QED) is 0.258. The van der Waals surface area contributed by atoms with Crippen molar-refractivity contribution >= 4 is 5.78 Å². The highest BCUT2D eigenvalue weighted by molar-refractivity contribution is 5.79. The standard InChI is InChI=1S/C21H41O/c1-4-5-6-7-8-9-10-11-12-13-14-15-16-17-18-19-20(2)21(3)22/h19-20H,4-18H2,1-3H3/t20-/m0/s1. The van der Waals surface area contributed by atoms with E-state index < -0.39 is 0 Å². The fourth-order valence-corrected chi connectivity index (χ4v) is 2.87. The number of ketones is 1. The summed E-state index contributed by atoms with van der Waals surface area (Å²) in [6.45, 7) is 5.98. The molecule has 0 unspecified atom stereocenters. The largest absolute Gasteiger partial charge is 0.300 e. The fraction of sp³-hybridized carbons (Fsp3) is 0.905. The predicted octanol–water partition coefficient (Wildman–Crippen LogP) is 7.29. The maximum atomic E-state index is 11.1. The molecule has 0 fully saturated rings. The van der Waals surface area contributed by atoms with Gasteiger partial charge >= 0.3 is 0 Å². The average Bonchev–Trinajstić information content (AvgIpc) is 2.50. The molecule has 0 amide bonds. The van der Waals surface area contributed by atoms with Crippen molar-refractivity contribution in [2.24, 2.45) is 5.92 Å². The van der Waals surface area contributed by atoms with Gasteiger partial charge in [-0.1, -0.05) is 104 Å². The fourth-order valence-electron chi connectivity index (χ4n) is 2.87. The number of carbonyl (C=O) groups is 1. The van der Waals surface area contributed by atoms with Gasteiger partial charge in [-0.2, -0.15) is 0 Å². The Bertz CT molecular complexity index is 234. The molecule has 0 bridgehead atoms. The van der Waals surface area contributed by atoms with Crippen LogP contribution in [0.4, 0.5) is 0 Å². The maximum Gasteiger partial charge on any atom is 0.132 e. The lowest BCUT2D eigenvalue weighted by Crippen LogP contribution is -2.06. The first kappa shape index (κ1) is 21.7. The maximum absolute atomic E-state index is 11.1. The van der Waals surface area contributed by atoms with Crippen molar-refractivity contribution in [2.45, 2.75) is 117 Å². The lowest BCUT2D eigenvalue weighted by Gasteiger charge is -2.06. The molecule has 1 nitrogen and oxygen atoms in total. The van der Waals surface area contributed by atoms with Gasteiger partial charge in [0.05, 0.1) is 0 Å². The van der Waals surface area contributed by atoms with Crippen LogP contribution in [0.25, 0.3) is 0 Å². The summed E-state index contributed by atoms with van der Waals surface area (Å²) in [5, 5.41) is 0. The zero-order valence-electron chi connectivity index (χ0n) is 15.7. The molecule has 0 heterocycles. The van der Waals surface area contributed by atoms with Crippen LogP contribution in [0.5, 0.6) is 0 Å². The minimum absolute atomic E-state index is 0.155. The first-order valence-corrected chi connectivity index (χ1v) is 10.0. The average molecular weight is 310 g/mol. The molecule has 0 N–H and O–H groups in total. The number of hydrogen-bond donors (Lipinski definition) is 0. The Morgan fingerprint density at radius 1 is 0.727 bits per heavy atom. The van der Waals surface area contributed by atoms with Crippen LogP contribution in [0.15, 0.2) is 0 Å². The Morgan fingerprint density at radius 3 is 1.45 bits per heavy atom. The highest BCUT2D eigenvalue weighted by Crippen LogP contribution is 2.14. The van der Waals surface area contributed by atoms with Gasteiger partial charge in [-0.3, -0.25) is 4.79 Å². The summed E-state index contributed by atoms with van der Waals surface area (Å²) < 4.78 is 0. The van der Waals surface area contributed by atoms with E-state index in [2.05, 4.69) is 13.3 Å². The Morgan fingerprint density at radius 2 is 1.09 bits per heavy atom. The third-order valence-electron chi connectivity index (χ3n) is 4.72. The van der Waals surface area contributed by atoms with Crippen molar-refractivity contribution in [3.63, 3.8) is 0 Å². The van der Waals surface area contributed by atoms with Gasteiger partial charge in [0, 0.05) is 5.92 Å². The number of hydrogen-bond acceptors (Lipinski definition) is 1. The van der Waals surface area contributed by atoms with E-state index in [1.165, 1.54) is 89.9 Å². The van der Waals surface area contributed by atoms with Crippen molar-refractivity contribution in [2.75, 3.05) is 0 Å². The van der Waals surface area contributed by atoms with Crippen molar-refractivity contribution in [3.05, 3.63) is 6.42 Å². The van der Waals surface area contributed by atoms with Crippen LogP contribution in [-0.2, 0) is 4.79 Å². The van der Waals surface area contributed by atoms with Gasteiger partial charge in [0.1, 0.15) is 5.78 Å². The van der Waals surface area contributed by atoms with Crippen LogP contribution >= 0.6 is 0 Å². The molecule has 131 valence electrons. The first-order chi connectivity index (χ1) is 10.7. The van der Waals surface area contributed by atoms with Crippen LogP contribution < -0.4 is 0 Å². The van der Waals surface area contributed by atoms with E-state index >= 15 is 0 Å². The van der Waals surface area contributed by atoms with E-state index in [-0.39, 0.29) is 5.92 Å². The Hall–Kier alpha value is -0.330. The number of unbranched alkanes of at least 4 members (excludes halogenated alkanes) is 14. The van der Waals surface area contributed by atoms with E-state index in [1.807, 2.05) is 6.92 Å². The Balaban J connectivity index is 3.04. The van der Waals surface area contributed by atoms with Gasteiger partial charge in [0.15, 0.2) is 0 Å². The van der Waals surface area contributed by atoms with Gasteiger partial charge in [0.25, 0.3) is 0 Å². The second-order valence-corrected chi connectivity index (χ2v) is 7.02. The van der Waals surface area contributed by atoms with Crippen LogP contribution in [0.3, 0.4) is 0 Å². The third-order valence-corrected chi connectivity index (χ3v) is 4.72. The molecule has 0 aromatic carbocycles. The van der Waals surface area contributed by atoms with Gasteiger partial charge in [-0.25, -0.2) is 0 Å². The highest BCUT2D eigenvalue weighted by Gasteiger charge is 2.06. The van der Waals surface area contributed by atoms with Gasteiger partial charge < -0.3 is 0 Å². The lowest BCUT2D eigenvalue weighted by molar-refractivity contribution is -0.119. The summed E-state index contributed by atoms with van der Waals surface area (Å²) >= 11 is 0. The van der Waals surface area contributed by atoms with Crippen molar-refractivity contribution in [1.29, 1.82) is 0 Å². The monoisotopic (exact) mass is 309 g/mol. The normalized spacial score (nSPS) is 12.5. The van der Waals surface area contributed by atoms with Crippen molar-refractivity contribution < 1.29 is 4.79 Å². The molecule has 1 atom stereocenters. The zero-order chi connectivity index (χ0) is 16.5. The van der Waals surface area contributed by atoms with E-state index in [0.29, 0.717) is 5.78 Å². The molecule has 0 aliphatic rings. The second-order valence-electron chi connectivity index (χ2n) is 7.02. The van der Waals surface area contributed by atoms with E-state index in [9.17, 15) is 4.79 Å². The number of carbonyl (C=O) groups excluding carboxylic acids is 1. The molecule has 1 radical (unpaired) electrons. The molecule has 0 saturated heterocycles. The smallest absolute Gasteiger partial charge is 0.132 e. The summed E-state index contributed by atoms with van der Waals surface area (Å²) in [4.78, 5) is 11.1. The molecule has 0 aliphatic heterocycles. The van der Waals surface area contributed by atoms with Gasteiger partial charge in [-0.15, -0.1) is 0 Å². The van der Waals surface area contributed by atoms with E-state index in [4.69, 9.17) is 0 Å². The molecular formula is C21H41O. The number of Topliss-reactive ketones (excluding diaryl/α,β-unsaturated/α-hetero) is 1. The molecule has 0 saturated carbocycles. The summed E-state index contributed by atoms with van der Waals surface area (Å²) in [6.07, 6.45) is 23.0. The molecule has 0 aliphatic carbocycles. The van der Waals surface area contributed by atoms with Gasteiger partial charge in [-0.05, 0) is 19.8 Å². The van der Waals surface area contributed by atoms with Crippen molar-refractivity contribution in [3.8, 4) is 0 Å². The molecule has 0 rings (SSSR count). The zero-order valence-corrected chi connectivity index (χ0v) is 15.7. The van der Waals surface area contributed by atoms with Crippen LogP contribution in [0.2, 0.25) is 0 Å². The Kier molecular flexibility index (Phi) is 16.8. The van der Waals surface area contributed by atoms with Crippen LogP contribution in [0.1, 0.15) is 117 Å². The predicted molar refractivity (Wildman–Crippen MR) is 99.1 cm³/mol. The molecular weight excluding hydrogens is 268 g/mol. The van der Waals surface area contributed by atoms with E-state index in [0.717, 1.165) is 6.42 Å². The third kappa shape index (κ3) is 16.0. The summed E-state index contributed by atoms with van der Waals surface area (Å²) in [7, 11) is 0. The van der Waals surface area contributed by atoms with Gasteiger partial charge in [0.2, 0.25) is 0 Å². The molecule has 1 heteroatoms. The summed E-state index contributed by atoms with van der Waals surface area (Å²) in [5.41, 5.74) is 0. The minimum atomic E-state index is 0.155. The highest BCUT2D eigenvalue weighted by atomic mass is 16.1.